The Balaban J connectivity index is 2.99. The van der Waals surface area contributed by atoms with Crippen LogP contribution in [0.15, 0.2) is 11.3 Å². The van der Waals surface area contributed by atoms with E-state index in [1.807, 2.05) is 13.8 Å². The molecular formula is C15H25NO4. The summed E-state index contributed by atoms with van der Waals surface area (Å²) >= 11 is 0. The highest BCUT2D eigenvalue weighted by molar-refractivity contribution is 6.16. The number of cyclic esters (lactones) is 2. The second kappa shape index (κ2) is 6.77. The van der Waals surface area contributed by atoms with Gasteiger partial charge in [0.05, 0.1) is 0 Å². The predicted molar refractivity (Wildman–Crippen MR) is 75.7 cm³/mol. The fourth-order valence-corrected chi connectivity index (χ4v) is 1.99. The van der Waals surface area contributed by atoms with Gasteiger partial charge in [0.2, 0.25) is 0 Å². The third-order valence-electron chi connectivity index (χ3n) is 2.87. The highest BCUT2D eigenvalue weighted by Crippen LogP contribution is 2.26. The Hall–Kier alpha value is -1.52. The van der Waals surface area contributed by atoms with E-state index in [-0.39, 0.29) is 5.57 Å². The molecule has 0 unspecified atom stereocenters. The first kappa shape index (κ1) is 16.5. The highest BCUT2D eigenvalue weighted by atomic mass is 16.7. The molecule has 0 aromatic heterocycles. The summed E-state index contributed by atoms with van der Waals surface area (Å²) < 4.78 is 10.3. The molecule has 1 aliphatic heterocycles. The summed E-state index contributed by atoms with van der Waals surface area (Å²) in [6, 6.07) is 0. The molecule has 20 heavy (non-hydrogen) atoms. The van der Waals surface area contributed by atoms with Crippen LogP contribution in [0.5, 0.6) is 0 Å². The molecule has 0 aromatic carbocycles. The van der Waals surface area contributed by atoms with Gasteiger partial charge in [0.25, 0.3) is 5.79 Å². The average molecular weight is 283 g/mol. The standard InChI is InChI=1S/C15H25NO4/c1-6-7-8-16-11(9-10(2)3)12-13(17)19-15(4,5)20-14(12)18/h10,16H,6-9H2,1-5H3. The number of ether oxygens (including phenoxy) is 2. The largest absolute Gasteiger partial charge is 0.419 e. The van der Waals surface area contributed by atoms with E-state index in [2.05, 4.69) is 12.2 Å². The molecule has 0 bridgehead atoms. The minimum Gasteiger partial charge on any atom is -0.419 e. The molecular weight excluding hydrogens is 258 g/mol. The van der Waals surface area contributed by atoms with Crippen LogP contribution in [-0.4, -0.2) is 24.3 Å². The first-order valence-electron chi connectivity index (χ1n) is 7.20. The molecule has 5 nitrogen and oxygen atoms in total. The van der Waals surface area contributed by atoms with Gasteiger partial charge in [-0.15, -0.1) is 0 Å². The quantitative estimate of drug-likeness (QED) is 0.351. The minimum atomic E-state index is -1.19. The summed E-state index contributed by atoms with van der Waals surface area (Å²) in [6.07, 6.45) is 2.63. The third-order valence-corrected chi connectivity index (χ3v) is 2.87. The number of allylic oxidation sites excluding steroid dienone is 1. The molecule has 0 amide bonds. The Bertz CT molecular complexity index is 388. The lowest BCUT2D eigenvalue weighted by Crippen LogP contribution is -2.43. The summed E-state index contributed by atoms with van der Waals surface area (Å²) in [5, 5.41) is 3.19. The maximum absolute atomic E-state index is 12.1. The molecule has 0 radical (unpaired) electrons. The van der Waals surface area contributed by atoms with Gasteiger partial charge in [0.15, 0.2) is 5.57 Å². The van der Waals surface area contributed by atoms with Crippen molar-refractivity contribution < 1.29 is 19.1 Å². The maximum Gasteiger partial charge on any atom is 0.350 e. The van der Waals surface area contributed by atoms with Crippen molar-refractivity contribution in [1.82, 2.24) is 5.32 Å². The Kier molecular flexibility index (Phi) is 5.60. The van der Waals surface area contributed by atoms with Crippen LogP contribution in [0.2, 0.25) is 0 Å². The first-order chi connectivity index (χ1) is 9.26. The monoisotopic (exact) mass is 283 g/mol. The molecule has 0 aromatic rings. The average Bonchev–Trinajstić information content (AvgIpc) is 2.25. The Morgan fingerprint density at radius 1 is 1.20 bits per heavy atom. The van der Waals surface area contributed by atoms with E-state index in [1.54, 1.807) is 13.8 Å². The number of nitrogens with one attached hydrogen (secondary N) is 1. The van der Waals surface area contributed by atoms with E-state index >= 15 is 0 Å². The van der Waals surface area contributed by atoms with Crippen molar-refractivity contribution in [3.05, 3.63) is 11.3 Å². The molecule has 1 rings (SSSR count). The van der Waals surface area contributed by atoms with Gasteiger partial charge in [-0.1, -0.05) is 27.2 Å². The number of unbranched alkanes of at least 4 members (excludes halogenated alkanes) is 1. The van der Waals surface area contributed by atoms with Gasteiger partial charge in [-0.3, -0.25) is 0 Å². The SMILES string of the molecule is CCCCNC(CC(C)C)=C1C(=O)OC(C)(C)OC1=O. The van der Waals surface area contributed by atoms with Crippen molar-refractivity contribution in [1.29, 1.82) is 0 Å². The van der Waals surface area contributed by atoms with E-state index in [0.29, 0.717) is 18.0 Å². The van der Waals surface area contributed by atoms with Gasteiger partial charge in [0, 0.05) is 26.1 Å². The number of carbonyl (C=O) groups is 2. The topological polar surface area (TPSA) is 64.6 Å². The van der Waals surface area contributed by atoms with E-state index in [0.717, 1.165) is 19.4 Å². The van der Waals surface area contributed by atoms with Crippen molar-refractivity contribution in [3.63, 3.8) is 0 Å². The summed E-state index contributed by atoms with van der Waals surface area (Å²) in [7, 11) is 0. The third kappa shape index (κ3) is 4.54. The number of rotatable bonds is 6. The van der Waals surface area contributed by atoms with Crippen molar-refractivity contribution in [3.8, 4) is 0 Å². The molecule has 1 saturated heterocycles. The second-order valence-electron chi connectivity index (χ2n) is 5.91. The summed E-state index contributed by atoms with van der Waals surface area (Å²) in [5.41, 5.74) is 0.632. The molecule has 1 fully saturated rings. The molecule has 0 spiro atoms. The molecule has 1 N–H and O–H groups in total. The number of carbonyl (C=O) groups excluding carboxylic acids is 2. The number of hydrogen-bond donors (Lipinski definition) is 1. The Morgan fingerprint density at radius 2 is 1.75 bits per heavy atom. The van der Waals surface area contributed by atoms with Gasteiger partial charge in [-0.05, 0) is 18.8 Å². The molecule has 0 saturated carbocycles. The van der Waals surface area contributed by atoms with Gasteiger partial charge in [-0.25, -0.2) is 9.59 Å². The molecule has 0 aliphatic carbocycles. The maximum atomic E-state index is 12.1. The smallest absolute Gasteiger partial charge is 0.350 e. The van der Waals surface area contributed by atoms with Crippen molar-refractivity contribution in [2.75, 3.05) is 6.54 Å². The van der Waals surface area contributed by atoms with Crippen LogP contribution in [-0.2, 0) is 19.1 Å². The van der Waals surface area contributed by atoms with Crippen molar-refractivity contribution in [2.24, 2.45) is 5.92 Å². The van der Waals surface area contributed by atoms with Crippen LogP contribution in [0.1, 0.15) is 53.9 Å². The normalized spacial score (nSPS) is 17.8. The zero-order valence-electron chi connectivity index (χ0n) is 13.0. The van der Waals surface area contributed by atoms with Crippen molar-refractivity contribution >= 4 is 11.9 Å². The molecule has 0 atom stereocenters. The van der Waals surface area contributed by atoms with Crippen molar-refractivity contribution in [2.45, 2.75) is 59.7 Å². The van der Waals surface area contributed by atoms with Gasteiger partial charge < -0.3 is 14.8 Å². The lowest BCUT2D eigenvalue weighted by molar-refractivity contribution is -0.222. The van der Waals surface area contributed by atoms with Gasteiger partial charge in [-0.2, -0.15) is 0 Å². The van der Waals surface area contributed by atoms with Gasteiger partial charge in [0.1, 0.15) is 0 Å². The molecule has 5 heteroatoms. The van der Waals surface area contributed by atoms with Crippen LogP contribution in [0.4, 0.5) is 0 Å². The lowest BCUT2D eigenvalue weighted by atomic mass is 10.0. The lowest BCUT2D eigenvalue weighted by Gasteiger charge is -2.31. The molecule has 1 heterocycles. The first-order valence-corrected chi connectivity index (χ1v) is 7.20. The van der Waals surface area contributed by atoms with Crippen LogP contribution < -0.4 is 5.32 Å². The van der Waals surface area contributed by atoms with E-state index in [1.165, 1.54) is 0 Å². The van der Waals surface area contributed by atoms with Crippen LogP contribution in [0.25, 0.3) is 0 Å². The Labute approximate surface area is 120 Å². The summed E-state index contributed by atoms with van der Waals surface area (Å²) in [4.78, 5) is 24.1. The molecule has 114 valence electrons. The van der Waals surface area contributed by atoms with Crippen LogP contribution in [0, 0.1) is 5.92 Å². The van der Waals surface area contributed by atoms with E-state index in [9.17, 15) is 9.59 Å². The molecule has 1 aliphatic rings. The Morgan fingerprint density at radius 3 is 2.20 bits per heavy atom. The highest BCUT2D eigenvalue weighted by Gasteiger charge is 2.40. The fraction of sp³-hybridized carbons (Fsp3) is 0.733. The zero-order valence-corrected chi connectivity index (χ0v) is 13.0. The zero-order chi connectivity index (χ0) is 15.3. The van der Waals surface area contributed by atoms with Gasteiger partial charge >= 0.3 is 11.9 Å². The van der Waals surface area contributed by atoms with E-state index in [4.69, 9.17) is 9.47 Å². The van der Waals surface area contributed by atoms with E-state index < -0.39 is 17.7 Å². The summed E-state index contributed by atoms with van der Waals surface area (Å²) in [5.74, 6) is -2.08. The number of esters is 2. The fourth-order valence-electron chi connectivity index (χ4n) is 1.99. The summed E-state index contributed by atoms with van der Waals surface area (Å²) in [6.45, 7) is 9.98. The minimum absolute atomic E-state index is 0.00845. The van der Waals surface area contributed by atoms with Crippen LogP contribution in [0.3, 0.4) is 0 Å². The predicted octanol–water partition coefficient (Wildman–Crippen LogP) is 2.51. The van der Waals surface area contributed by atoms with Crippen LogP contribution >= 0.6 is 0 Å². The number of hydrogen-bond acceptors (Lipinski definition) is 5. The second-order valence-corrected chi connectivity index (χ2v) is 5.91.